The largest absolute Gasteiger partial charge is 0.491 e. The zero-order chi connectivity index (χ0) is 29.1. The maximum Gasteiger partial charge on any atom is 0.416 e. The first-order valence-corrected chi connectivity index (χ1v) is 14.3. The molecule has 0 radical (unpaired) electrons. The van der Waals surface area contributed by atoms with E-state index in [4.69, 9.17) is 14.7 Å². The summed E-state index contributed by atoms with van der Waals surface area (Å²) in [6.07, 6.45) is 0.920. The smallest absolute Gasteiger partial charge is 0.416 e. The minimum Gasteiger partial charge on any atom is -0.491 e. The highest BCUT2D eigenvalue weighted by Crippen LogP contribution is 2.33. The van der Waals surface area contributed by atoms with Crippen molar-refractivity contribution in [1.82, 2.24) is 9.47 Å². The number of amides is 1. The van der Waals surface area contributed by atoms with Crippen LogP contribution in [-0.4, -0.2) is 64.7 Å². The number of oxime groups is 1. The van der Waals surface area contributed by atoms with E-state index in [1.54, 1.807) is 6.92 Å². The van der Waals surface area contributed by atoms with Crippen LogP contribution in [0.4, 0.5) is 13.2 Å². The van der Waals surface area contributed by atoms with Crippen LogP contribution in [0.1, 0.15) is 74.2 Å². The first-order valence-electron chi connectivity index (χ1n) is 13.5. The van der Waals surface area contributed by atoms with Gasteiger partial charge in [0.25, 0.3) is 5.91 Å². The van der Waals surface area contributed by atoms with Crippen LogP contribution in [0, 0.1) is 0 Å². The molecule has 2 aliphatic rings. The molecule has 12 heteroatoms. The van der Waals surface area contributed by atoms with Crippen LogP contribution in [0.15, 0.2) is 34.5 Å². The zero-order valence-electron chi connectivity index (χ0n) is 23.3. The molecule has 1 amide bonds. The van der Waals surface area contributed by atoms with Gasteiger partial charge in [-0.15, -0.1) is 11.3 Å². The number of likely N-dealkylation sites (tertiary alicyclic amines) is 1. The van der Waals surface area contributed by atoms with Crippen molar-refractivity contribution in [3.63, 3.8) is 0 Å². The highest BCUT2D eigenvalue weighted by molar-refractivity contribution is 7.09. The Hall–Kier alpha value is -2.70. The van der Waals surface area contributed by atoms with Crippen LogP contribution in [0.5, 0.6) is 5.75 Å². The Labute approximate surface area is 236 Å². The summed E-state index contributed by atoms with van der Waals surface area (Å²) in [5, 5.41) is 12.3. The third-order valence-corrected chi connectivity index (χ3v) is 8.60. The molecule has 0 bridgehead atoms. The van der Waals surface area contributed by atoms with Crippen LogP contribution in [-0.2, 0) is 22.9 Å². The van der Waals surface area contributed by atoms with Crippen molar-refractivity contribution in [1.29, 1.82) is 0 Å². The fourth-order valence-electron chi connectivity index (χ4n) is 4.90. The van der Waals surface area contributed by atoms with Gasteiger partial charge in [-0.3, -0.25) is 9.69 Å². The van der Waals surface area contributed by atoms with Gasteiger partial charge < -0.3 is 19.2 Å². The molecule has 1 aromatic carbocycles. The Balaban J connectivity index is 1.66. The lowest BCUT2D eigenvalue weighted by atomic mass is 9.95. The first-order chi connectivity index (χ1) is 18.8. The average molecular weight is 583 g/mol. The lowest BCUT2D eigenvalue weighted by Gasteiger charge is -2.24. The van der Waals surface area contributed by atoms with Crippen molar-refractivity contribution in [2.24, 2.45) is 10.1 Å². The van der Waals surface area contributed by atoms with Crippen LogP contribution < -0.4 is 9.54 Å². The van der Waals surface area contributed by atoms with Gasteiger partial charge in [0.2, 0.25) is 0 Å². The lowest BCUT2D eigenvalue weighted by molar-refractivity contribution is -0.137. The van der Waals surface area contributed by atoms with Crippen LogP contribution >= 0.6 is 11.3 Å². The molecule has 1 aromatic heterocycles. The number of benzene rings is 1. The Morgan fingerprint density at radius 1 is 1.23 bits per heavy atom. The molecule has 0 unspecified atom stereocenters. The SMILES string of the molecule is C/C(CN1CCC[C@H]1COc1ccc(C(F)(F)F)cc1C(=O)/N=c1\sc(C(C)(C)C)cn1C[C@H]1CCCO1)=N\O. The molecule has 2 atom stereocenters. The third-order valence-electron chi connectivity index (χ3n) is 7.15. The zero-order valence-corrected chi connectivity index (χ0v) is 24.1. The summed E-state index contributed by atoms with van der Waals surface area (Å²) in [7, 11) is 0. The van der Waals surface area contributed by atoms with Gasteiger partial charge in [-0.1, -0.05) is 25.9 Å². The van der Waals surface area contributed by atoms with E-state index in [1.807, 2.05) is 10.8 Å². The number of thiazole rings is 1. The maximum absolute atomic E-state index is 13.6. The topological polar surface area (TPSA) is 88.7 Å². The van der Waals surface area contributed by atoms with Crippen LogP contribution in [0.25, 0.3) is 0 Å². The average Bonchev–Trinajstić information content (AvgIpc) is 3.64. The van der Waals surface area contributed by atoms with Crippen molar-refractivity contribution in [2.75, 3.05) is 26.3 Å². The van der Waals surface area contributed by atoms with E-state index in [1.165, 1.54) is 17.4 Å². The molecular formula is C28H37F3N4O4S. The number of halogens is 3. The molecule has 2 saturated heterocycles. The predicted octanol–water partition coefficient (Wildman–Crippen LogP) is 5.48. The monoisotopic (exact) mass is 582 g/mol. The third kappa shape index (κ3) is 7.52. The minimum absolute atomic E-state index is 0.00204. The molecule has 2 aromatic rings. The number of aromatic nitrogens is 1. The van der Waals surface area contributed by atoms with E-state index in [0.29, 0.717) is 30.2 Å². The summed E-state index contributed by atoms with van der Waals surface area (Å²) in [5.74, 6) is -0.740. The van der Waals surface area contributed by atoms with Gasteiger partial charge in [0, 0.05) is 30.3 Å². The lowest BCUT2D eigenvalue weighted by Crippen LogP contribution is -2.37. The molecule has 4 rings (SSSR count). The summed E-state index contributed by atoms with van der Waals surface area (Å²) in [6, 6.07) is 2.90. The number of hydrogen-bond acceptors (Lipinski definition) is 7. The Bertz CT molecular complexity index is 1290. The van der Waals surface area contributed by atoms with Gasteiger partial charge in [-0.2, -0.15) is 18.2 Å². The van der Waals surface area contributed by atoms with Crippen molar-refractivity contribution < 1.29 is 32.6 Å². The van der Waals surface area contributed by atoms with E-state index in [2.05, 4.69) is 35.8 Å². The summed E-state index contributed by atoms with van der Waals surface area (Å²) in [5.41, 5.74) is -0.819. The number of hydrogen-bond donors (Lipinski definition) is 1. The van der Waals surface area contributed by atoms with Gasteiger partial charge in [0.05, 0.1) is 29.5 Å². The number of nitrogens with zero attached hydrogens (tertiary/aromatic N) is 4. The number of ether oxygens (including phenoxy) is 2. The minimum atomic E-state index is -4.63. The Morgan fingerprint density at radius 3 is 2.65 bits per heavy atom. The van der Waals surface area contributed by atoms with Crippen LogP contribution in [0.3, 0.4) is 0 Å². The Morgan fingerprint density at radius 2 is 2.00 bits per heavy atom. The molecule has 2 fully saturated rings. The summed E-state index contributed by atoms with van der Waals surface area (Å²) >= 11 is 1.35. The summed E-state index contributed by atoms with van der Waals surface area (Å²) in [6.45, 7) is 10.5. The number of alkyl halides is 3. The molecule has 0 spiro atoms. The molecule has 40 heavy (non-hydrogen) atoms. The molecule has 1 N–H and O–H groups in total. The fraction of sp³-hybridized carbons (Fsp3) is 0.607. The number of carbonyl (C=O) groups is 1. The maximum atomic E-state index is 13.6. The fourth-order valence-corrected chi connectivity index (χ4v) is 5.96. The second-order valence-corrected chi connectivity index (χ2v) is 12.5. The summed E-state index contributed by atoms with van der Waals surface area (Å²) < 4.78 is 54.5. The van der Waals surface area contributed by atoms with Gasteiger partial charge in [-0.25, -0.2) is 0 Å². The van der Waals surface area contributed by atoms with E-state index < -0.39 is 17.6 Å². The molecule has 0 saturated carbocycles. The first kappa shape index (κ1) is 30.3. The molecule has 220 valence electrons. The van der Waals surface area contributed by atoms with Crippen molar-refractivity contribution in [2.45, 2.75) is 83.7 Å². The van der Waals surface area contributed by atoms with Crippen LogP contribution in [0.2, 0.25) is 0 Å². The van der Waals surface area contributed by atoms with E-state index in [9.17, 15) is 18.0 Å². The normalized spacial score (nSPS) is 21.4. The van der Waals surface area contributed by atoms with E-state index in [-0.39, 0.29) is 35.5 Å². The molecule has 3 heterocycles. The second-order valence-electron chi connectivity index (χ2n) is 11.5. The molecular weight excluding hydrogens is 545 g/mol. The van der Waals surface area contributed by atoms with Crippen molar-refractivity contribution in [3.8, 4) is 5.75 Å². The van der Waals surface area contributed by atoms with E-state index in [0.717, 1.165) is 49.2 Å². The van der Waals surface area contributed by atoms with Gasteiger partial charge in [0.15, 0.2) is 4.80 Å². The number of carbonyl (C=O) groups excluding carboxylic acids is 1. The molecule has 2 aliphatic heterocycles. The van der Waals surface area contributed by atoms with Crippen molar-refractivity contribution >= 4 is 23.0 Å². The predicted molar refractivity (Wildman–Crippen MR) is 146 cm³/mol. The van der Waals surface area contributed by atoms with Gasteiger partial charge >= 0.3 is 6.18 Å². The standard InChI is InChI=1S/C28H37F3N4O4S/c1-18(33-37)14-34-11-5-7-20(34)17-39-23-10-9-19(28(29,30)31)13-22(23)25(36)32-26-35(15-21-8-6-12-38-21)16-24(40-26)27(2,3)4/h9-10,13,16,20-21,37H,5-8,11-12,14-15,17H2,1-4H3/b32-26-,33-18+/t20-,21+/m0/s1. The highest BCUT2D eigenvalue weighted by Gasteiger charge is 2.33. The van der Waals surface area contributed by atoms with Crippen molar-refractivity contribution in [3.05, 3.63) is 45.2 Å². The quantitative estimate of drug-likeness (QED) is 0.253. The summed E-state index contributed by atoms with van der Waals surface area (Å²) in [4.78, 5) is 21.3. The second kappa shape index (κ2) is 12.4. The molecule has 0 aliphatic carbocycles. The van der Waals surface area contributed by atoms with E-state index >= 15 is 0 Å². The van der Waals surface area contributed by atoms with Gasteiger partial charge in [-0.05, 0) is 62.8 Å². The number of rotatable bonds is 8. The molecule has 8 nitrogen and oxygen atoms in total. The van der Waals surface area contributed by atoms with Gasteiger partial charge in [0.1, 0.15) is 12.4 Å². The Kier molecular flexibility index (Phi) is 9.41. The highest BCUT2D eigenvalue weighted by atomic mass is 32.1.